The molecule has 44 heavy (non-hydrogen) atoms. The Morgan fingerprint density at radius 1 is 1.20 bits per heavy atom. The lowest BCUT2D eigenvalue weighted by molar-refractivity contribution is -0.125. The van der Waals surface area contributed by atoms with E-state index in [-0.39, 0.29) is 36.2 Å². The number of nitrogens with one attached hydrogen (secondary N) is 2. The molecule has 3 amide bonds. The van der Waals surface area contributed by atoms with Gasteiger partial charge in [-0.3, -0.25) is 14.5 Å². The summed E-state index contributed by atoms with van der Waals surface area (Å²) in [4.78, 5) is 39.3. The number of hydrogen-bond donors (Lipinski definition) is 3. The van der Waals surface area contributed by atoms with Crippen LogP contribution in [0, 0.1) is 0 Å². The number of unbranched alkanes of at least 4 members (excludes halogenated alkanes) is 1. The van der Waals surface area contributed by atoms with Crippen molar-refractivity contribution in [3.8, 4) is 0 Å². The molecule has 11 nitrogen and oxygen atoms in total. The fourth-order valence-corrected chi connectivity index (χ4v) is 6.02. The molecule has 246 valence electrons. The summed E-state index contributed by atoms with van der Waals surface area (Å²) in [7, 11) is 0. The maximum absolute atomic E-state index is 12.7. The molecule has 8 atom stereocenters. The number of aliphatic hydroxyl groups excluding tert-OH is 1. The van der Waals surface area contributed by atoms with Gasteiger partial charge >= 0.3 is 6.09 Å². The normalized spacial score (nSPS) is 33.1. The van der Waals surface area contributed by atoms with Crippen LogP contribution in [0.3, 0.4) is 0 Å². The highest BCUT2D eigenvalue weighted by atomic mass is 16.6. The molecule has 4 rings (SSSR count). The minimum absolute atomic E-state index is 0.0549. The van der Waals surface area contributed by atoms with Crippen LogP contribution in [0.15, 0.2) is 36.0 Å². The van der Waals surface area contributed by atoms with Gasteiger partial charge in [-0.1, -0.05) is 37.1 Å². The molecule has 0 aliphatic carbocycles. The first-order chi connectivity index (χ1) is 21.1. The number of amides is 3. The number of rotatable bonds is 12. The standard InChI is InChI=1S/C33H51N3O8/c1-5-6-18-34-31(39)27-8-7-19-36(27)32(40)43-23(3)11-16-29(37)35-26-14-13-25(44-24(26)4)12-9-22(2)10-15-28-30(38)33(21-42-33)17-20-41-28/h9-11,15-16,23-28,30,38H,5-8,12-14,17-21H2,1-4H3,(H,34,39)(H,35,37)/b15-10+,16-11-,22-9+/t23-,24+,25-,26+,27+,28?,30+,33+/m0/s1. The Labute approximate surface area is 261 Å². The molecular formula is C33H51N3O8. The largest absolute Gasteiger partial charge is 0.442 e. The van der Waals surface area contributed by atoms with Gasteiger partial charge in [0.05, 0.1) is 31.5 Å². The van der Waals surface area contributed by atoms with Gasteiger partial charge in [-0.2, -0.15) is 0 Å². The SMILES string of the molecule is CCCCNC(=O)[C@H]1CCCN1C(=O)O[C@@H](C)/C=C\C(=O)N[C@@H]1CC[C@H](C/C=C(C)/C=C/C2OCC[C@@]3(CO3)[C@@H]2O)O[C@@H]1C. The molecule has 4 saturated heterocycles. The number of epoxide rings is 1. The van der Waals surface area contributed by atoms with Crippen LogP contribution in [0.4, 0.5) is 4.79 Å². The maximum Gasteiger partial charge on any atom is 0.411 e. The molecule has 0 radical (unpaired) electrons. The fraction of sp³-hybridized carbons (Fsp3) is 0.727. The van der Waals surface area contributed by atoms with E-state index in [1.807, 2.05) is 26.0 Å². The molecule has 4 heterocycles. The van der Waals surface area contributed by atoms with Crippen molar-refractivity contribution in [1.82, 2.24) is 15.5 Å². The van der Waals surface area contributed by atoms with Crippen LogP contribution in [-0.4, -0.2) is 102 Å². The molecule has 0 aromatic rings. The fourth-order valence-electron chi connectivity index (χ4n) is 6.02. The number of hydrogen-bond acceptors (Lipinski definition) is 8. The van der Waals surface area contributed by atoms with Crippen molar-refractivity contribution in [2.45, 2.75) is 127 Å². The predicted octanol–water partition coefficient (Wildman–Crippen LogP) is 3.31. The van der Waals surface area contributed by atoms with E-state index in [0.717, 1.165) is 50.5 Å². The molecule has 4 aliphatic rings. The summed E-state index contributed by atoms with van der Waals surface area (Å²) in [6, 6.07) is -0.633. The Morgan fingerprint density at radius 3 is 2.73 bits per heavy atom. The Kier molecular flexibility index (Phi) is 12.4. The van der Waals surface area contributed by atoms with Crippen molar-refractivity contribution >= 4 is 17.9 Å². The molecule has 0 saturated carbocycles. The Hall–Kier alpha value is -2.73. The topological polar surface area (TPSA) is 139 Å². The molecule has 4 fully saturated rings. The summed E-state index contributed by atoms with van der Waals surface area (Å²) in [5.74, 6) is -0.412. The average molecular weight is 618 g/mol. The van der Waals surface area contributed by atoms with Gasteiger partial charge in [-0.05, 0) is 65.4 Å². The molecule has 0 aromatic heterocycles. The highest BCUT2D eigenvalue weighted by Crippen LogP contribution is 2.40. The lowest BCUT2D eigenvalue weighted by Crippen LogP contribution is -2.47. The number of aliphatic hydroxyl groups is 1. The van der Waals surface area contributed by atoms with E-state index in [1.165, 1.54) is 11.0 Å². The second kappa shape index (κ2) is 16.0. The van der Waals surface area contributed by atoms with Crippen LogP contribution in [0.2, 0.25) is 0 Å². The van der Waals surface area contributed by atoms with Crippen molar-refractivity contribution in [2.75, 3.05) is 26.3 Å². The second-order valence-electron chi connectivity index (χ2n) is 12.5. The zero-order valence-corrected chi connectivity index (χ0v) is 26.7. The second-order valence-corrected chi connectivity index (χ2v) is 12.5. The van der Waals surface area contributed by atoms with Crippen molar-refractivity contribution in [1.29, 1.82) is 0 Å². The van der Waals surface area contributed by atoms with Crippen molar-refractivity contribution in [2.24, 2.45) is 0 Å². The average Bonchev–Trinajstić information content (AvgIpc) is 3.59. The molecule has 3 N–H and O–H groups in total. The van der Waals surface area contributed by atoms with Gasteiger partial charge in [-0.25, -0.2) is 4.79 Å². The predicted molar refractivity (Wildman–Crippen MR) is 165 cm³/mol. The monoisotopic (exact) mass is 617 g/mol. The van der Waals surface area contributed by atoms with Gasteiger partial charge in [0.2, 0.25) is 11.8 Å². The minimum atomic E-state index is -0.639. The number of carbonyl (C=O) groups excluding carboxylic acids is 3. The van der Waals surface area contributed by atoms with Crippen LogP contribution in [0.1, 0.15) is 79.1 Å². The van der Waals surface area contributed by atoms with Gasteiger partial charge in [0.1, 0.15) is 30.0 Å². The summed E-state index contributed by atoms with van der Waals surface area (Å²) < 4.78 is 22.9. The number of nitrogens with zero attached hydrogens (tertiary/aromatic N) is 1. The first-order valence-corrected chi connectivity index (χ1v) is 16.3. The van der Waals surface area contributed by atoms with E-state index in [1.54, 1.807) is 13.0 Å². The van der Waals surface area contributed by atoms with Crippen LogP contribution >= 0.6 is 0 Å². The summed E-state index contributed by atoms with van der Waals surface area (Å²) in [5, 5.41) is 16.4. The third-order valence-electron chi connectivity index (χ3n) is 8.98. The van der Waals surface area contributed by atoms with Crippen LogP contribution in [0.5, 0.6) is 0 Å². The summed E-state index contributed by atoms with van der Waals surface area (Å²) in [5.41, 5.74) is 0.661. The molecule has 0 bridgehead atoms. The molecule has 1 unspecified atom stereocenters. The van der Waals surface area contributed by atoms with E-state index in [2.05, 4.69) is 23.6 Å². The van der Waals surface area contributed by atoms with E-state index in [0.29, 0.717) is 32.7 Å². The lowest BCUT2D eigenvalue weighted by atomic mass is 9.92. The smallest absolute Gasteiger partial charge is 0.411 e. The van der Waals surface area contributed by atoms with Gasteiger partial charge in [0.25, 0.3) is 0 Å². The molecule has 11 heteroatoms. The van der Waals surface area contributed by atoms with Crippen LogP contribution in [-0.2, 0) is 28.5 Å². The summed E-state index contributed by atoms with van der Waals surface area (Å²) in [6.07, 6.45) is 13.0. The number of carbonyl (C=O) groups is 3. The minimum Gasteiger partial charge on any atom is -0.442 e. The van der Waals surface area contributed by atoms with E-state index in [4.69, 9.17) is 18.9 Å². The first-order valence-electron chi connectivity index (χ1n) is 16.3. The maximum atomic E-state index is 12.7. The van der Waals surface area contributed by atoms with Gasteiger partial charge < -0.3 is 34.7 Å². The zero-order chi connectivity index (χ0) is 31.7. The molecule has 0 aromatic carbocycles. The van der Waals surface area contributed by atoms with Crippen molar-refractivity contribution < 1.29 is 38.4 Å². The quantitative estimate of drug-likeness (QED) is 0.131. The third-order valence-corrected chi connectivity index (χ3v) is 8.98. The Balaban J connectivity index is 1.15. The van der Waals surface area contributed by atoms with E-state index in [9.17, 15) is 19.5 Å². The number of likely N-dealkylation sites (tertiary alicyclic amines) is 1. The van der Waals surface area contributed by atoms with Crippen molar-refractivity contribution in [3.05, 3.63) is 36.0 Å². The van der Waals surface area contributed by atoms with Gasteiger partial charge in [0.15, 0.2) is 0 Å². The van der Waals surface area contributed by atoms with Crippen molar-refractivity contribution in [3.63, 3.8) is 0 Å². The molecule has 4 aliphatic heterocycles. The van der Waals surface area contributed by atoms with Gasteiger partial charge in [-0.15, -0.1) is 0 Å². The Morgan fingerprint density at radius 2 is 2.00 bits per heavy atom. The third kappa shape index (κ3) is 9.39. The number of ether oxygens (including phenoxy) is 4. The van der Waals surface area contributed by atoms with E-state index < -0.39 is 29.9 Å². The lowest BCUT2D eigenvalue weighted by Gasteiger charge is -2.34. The number of allylic oxidation sites excluding steroid dienone is 2. The summed E-state index contributed by atoms with van der Waals surface area (Å²) in [6.45, 7) is 9.99. The molecular weight excluding hydrogens is 566 g/mol. The van der Waals surface area contributed by atoms with Crippen LogP contribution in [0.25, 0.3) is 0 Å². The highest BCUT2D eigenvalue weighted by Gasteiger charge is 2.55. The summed E-state index contributed by atoms with van der Waals surface area (Å²) >= 11 is 0. The van der Waals surface area contributed by atoms with E-state index >= 15 is 0 Å². The first kappa shape index (κ1) is 34.1. The zero-order valence-electron chi connectivity index (χ0n) is 26.7. The van der Waals surface area contributed by atoms with Gasteiger partial charge in [0, 0.05) is 25.6 Å². The molecule has 1 spiro atoms. The van der Waals surface area contributed by atoms with Crippen LogP contribution < -0.4 is 10.6 Å². The highest BCUT2D eigenvalue weighted by molar-refractivity contribution is 5.88. The Bertz CT molecular complexity index is 1090.